The Bertz CT molecular complexity index is 346. The average Bonchev–Trinajstić information content (AvgIpc) is 2.64. The molecule has 0 unspecified atom stereocenters. The number of nitrogens with one attached hydrogen (secondary N) is 1. The van der Waals surface area contributed by atoms with E-state index in [2.05, 4.69) is 29.8 Å². The van der Waals surface area contributed by atoms with Crippen molar-refractivity contribution in [3.8, 4) is 0 Å². The van der Waals surface area contributed by atoms with Crippen LogP contribution in [0.3, 0.4) is 0 Å². The van der Waals surface area contributed by atoms with Crippen molar-refractivity contribution in [2.45, 2.75) is 19.8 Å². The SMILES string of the molecule is CCCCNc1cc2sccc2s1. The summed E-state index contributed by atoms with van der Waals surface area (Å²) in [7, 11) is 0. The van der Waals surface area contributed by atoms with Gasteiger partial charge in [-0.2, -0.15) is 0 Å². The van der Waals surface area contributed by atoms with Gasteiger partial charge in [-0.05, 0) is 23.9 Å². The Morgan fingerprint density at radius 3 is 3.08 bits per heavy atom. The highest BCUT2D eigenvalue weighted by Gasteiger charge is 2.00. The number of anilines is 1. The van der Waals surface area contributed by atoms with Gasteiger partial charge in [-0.3, -0.25) is 0 Å². The molecule has 2 aromatic heterocycles. The molecule has 0 aliphatic rings. The molecule has 13 heavy (non-hydrogen) atoms. The van der Waals surface area contributed by atoms with Crippen molar-refractivity contribution in [3.05, 3.63) is 17.5 Å². The normalized spacial score (nSPS) is 10.8. The van der Waals surface area contributed by atoms with Crippen LogP contribution >= 0.6 is 22.7 Å². The van der Waals surface area contributed by atoms with Crippen LogP contribution in [0.4, 0.5) is 5.00 Å². The molecule has 1 N–H and O–H groups in total. The summed E-state index contributed by atoms with van der Waals surface area (Å²) in [6.07, 6.45) is 2.51. The Hall–Kier alpha value is -0.540. The molecule has 0 radical (unpaired) electrons. The minimum absolute atomic E-state index is 1.10. The molecule has 0 bridgehead atoms. The van der Waals surface area contributed by atoms with Crippen LogP contribution in [0.2, 0.25) is 0 Å². The zero-order chi connectivity index (χ0) is 9.10. The molecular formula is C10H13NS2. The lowest BCUT2D eigenvalue weighted by molar-refractivity contribution is 0.836. The Balaban J connectivity index is 2.03. The van der Waals surface area contributed by atoms with Gasteiger partial charge in [0.05, 0.1) is 5.00 Å². The monoisotopic (exact) mass is 211 g/mol. The van der Waals surface area contributed by atoms with E-state index in [0.29, 0.717) is 0 Å². The molecule has 2 heterocycles. The zero-order valence-electron chi connectivity index (χ0n) is 7.67. The van der Waals surface area contributed by atoms with Crippen molar-refractivity contribution in [3.63, 3.8) is 0 Å². The molecule has 3 heteroatoms. The van der Waals surface area contributed by atoms with E-state index in [9.17, 15) is 0 Å². The molecule has 0 aliphatic heterocycles. The number of hydrogen-bond acceptors (Lipinski definition) is 3. The number of unbranched alkanes of at least 4 members (excludes halogenated alkanes) is 1. The quantitative estimate of drug-likeness (QED) is 0.748. The first-order chi connectivity index (χ1) is 6.40. The van der Waals surface area contributed by atoms with E-state index in [1.54, 1.807) is 0 Å². The molecule has 0 amide bonds. The summed E-state index contributed by atoms with van der Waals surface area (Å²) in [4.78, 5) is 0. The fourth-order valence-electron chi connectivity index (χ4n) is 1.24. The molecule has 0 spiro atoms. The summed E-state index contributed by atoms with van der Waals surface area (Å²) >= 11 is 3.67. The van der Waals surface area contributed by atoms with Crippen LogP contribution in [-0.2, 0) is 0 Å². The van der Waals surface area contributed by atoms with Gasteiger partial charge in [0.2, 0.25) is 0 Å². The Morgan fingerprint density at radius 1 is 1.38 bits per heavy atom. The molecule has 2 aromatic rings. The minimum Gasteiger partial charge on any atom is -0.377 e. The first-order valence-electron chi connectivity index (χ1n) is 4.61. The second-order valence-electron chi connectivity index (χ2n) is 3.04. The van der Waals surface area contributed by atoms with Crippen molar-refractivity contribution in [2.75, 3.05) is 11.9 Å². The molecule has 1 nitrogen and oxygen atoms in total. The summed E-state index contributed by atoms with van der Waals surface area (Å²) in [5.41, 5.74) is 0. The van der Waals surface area contributed by atoms with E-state index < -0.39 is 0 Å². The lowest BCUT2D eigenvalue weighted by Gasteiger charge is -1.99. The topological polar surface area (TPSA) is 12.0 Å². The summed E-state index contributed by atoms with van der Waals surface area (Å²) in [5, 5.41) is 6.91. The average molecular weight is 211 g/mol. The number of thiophene rings is 2. The molecule has 0 aliphatic carbocycles. The van der Waals surface area contributed by atoms with E-state index in [1.165, 1.54) is 27.2 Å². The molecular weight excluding hydrogens is 198 g/mol. The van der Waals surface area contributed by atoms with Gasteiger partial charge in [0, 0.05) is 15.9 Å². The largest absolute Gasteiger partial charge is 0.377 e. The van der Waals surface area contributed by atoms with E-state index in [4.69, 9.17) is 0 Å². The van der Waals surface area contributed by atoms with Crippen molar-refractivity contribution >= 4 is 37.1 Å². The molecule has 0 atom stereocenters. The molecule has 0 fully saturated rings. The Morgan fingerprint density at radius 2 is 2.31 bits per heavy atom. The third-order valence-corrected chi connectivity index (χ3v) is 4.02. The minimum atomic E-state index is 1.10. The van der Waals surface area contributed by atoms with Gasteiger partial charge in [0.15, 0.2) is 0 Å². The highest BCUT2D eigenvalue weighted by atomic mass is 32.1. The lowest BCUT2D eigenvalue weighted by atomic mass is 10.3. The van der Waals surface area contributed by atoms with Crippen LogP contribution in [0.15, 0.2) is 17.5 Å². The van der Waals surface area contributed by atoms with Gasteiger partial charge in [0.1, 0.15) is 0 Å². The maximum absolute atomic E-state index is 3.45. The second-order valence-corrected chi connectivity index (χ2v) is 5.07. The van der Waals surface area contributed by atoms with Crippen molar-refractivity contribution in [1.82, 2.24) is 0 Å². The van der Waals surface area contributed by atoms with Crippen LogP contribution in [0.5, 0.6) is 0 Å². The van der Waals surface area contributed by atoms with E-state index >= 15 is 0 Å². The van der Waals surface area contributed by atoms with E-state index in [1.807, 2.05) is 22.7 Å². The van der Waals surface area contributed by atoms with Crippen LogP contribution in [0.1, 0.15) is 19.8 Å². The molecule has 2 rings (SSSR count). The zero-order valence-corrected chi connectivity index (χ0v) is 9.30. The van der Waals surface area contributed by atoms with Gasteiger partial charge in [0.25, 0.3) is 0 Å². The standard InChI is InChI=1S/C10H13NS2/c1-2-3-5-11-10-7-9-8(13-10)4-6-12-9/h4,6-7,11H,2-3,5H2,1H3. The molecule has 0 aromatic carbocycles. The fourth-order valence-corrected chi connectivity index (χ4v) is 3.28. The third-order valence-electron chi connectivity index (χ3n) is 1.97. The van der Waals surface area contributed by atoms with Gasteiger partial charge >= 0.3 is 0 Å². The molecule has 0 saturated carbocycles. The third kappa shape index (κ3) is 2.03. The highest BCUT2D eigenvalue weighted by molar-refractivity contribution is 7.29. The second kappa shape index (κ2) is 4.11. The number of hydrogen-bond donors (Lipinski definition) is 1. The first-order valence-corrected chi connectivity index (χ1v) is 6.30. The van der Waals surface area contributed by atoms with Crippen molar-refractivity contribution in [1.29, 1.82) is 0 Å². The highest BCUT2D eigenvalue weighted by Crippen LogP contribution is 2.33. The predicted octanol–water partition coefficient (Wildman–Crippen LogP) is 4.17. The lowest BCUT2D eigenvalue weighted by Crippen LogP contribution is -1.97. The van der Waals surface area contributed by atoms with E-state index in [-0.39, 0.29) is 0 Å². The first kappa shape index (κ1) is 9.03. The van der Waals surface area contributed by atoms with Gasteiger partial charge in [-0.25, -0.2) is 0 Å². The Labute approximate surface area is 86.4 Å². The number of fused-ring (bicyclic) bond motifs is 1. The van der Waals surface area contributed by atoms with Crippen LogP contribution in [-0.4, -0.2) is 6.54 Å². The predicted molar refractivity (Wildman–Crippen MR) is 63.1 cm³/mol. The van der Waals surface area contributed by atoms with Crippen molar-refractivity contribution < 1.29 is 0 Å². The summed E-state index contributed by atoms with van der Waals surface area (Å²) < 4.78 is 2.81. The van der Waals surface area contributed by atoms with Gasteiger partial charge in [-0.15, -0.1) is 22.7 Å². The molecule has 70 valence electrons. The molecule has 0 saturated heterocycles. The van der Waals surface area contributed by atoms with Crippen LogP contribution < -0.4 is 5.32 Å². The maximum Gasteiger partial charge on any atom is 0.0903 e. The Kier molecular flexibility index (Phi) is 2.86. The van der Waals surface area contributed by atoms with Crippen LogP contribution in [0.25, 0.3) is 9.40 Å². The van der Waals surface area contributed by atoms with Gasteiger partial charge in [-0.1, -0.05) is 13.3 Å². The van der Waals surface area contributed by atoms with E-state index in [0.717, 1.165) is 6.54 Å². The van der Waals surface area contributed by atoms with Crippen LogP contribution in [0, 0.1) is 0 Å². The summed E-state index contributed by atoms with van der Waals surface area (Å²) in [5.74, 6) is 0. The smallest absolute Gasteiger partial charge is 0.0903 e. The summed E-state index contributed by atoms with van der Waals surface area (Å²) in [6, 6.07) is 4.44. The summed E-state index contributed by atoms with van der Waals surface area (Å²) in [6.45, 7) is 3.32. The fraction of sp³-hybridized carbons (Fsp3) is 0.400. The van der Waals surface area contributed by atoms with Gasteiger partial charge < -0.3 is 5.32 Å². The maximum atomic E-state index is 3.45. The number of rotatable bonds is 4. The van der Waals surface area contributed by atoms with Crippen molar-refractivity contribution in [2.24, 2.45) is 0 Å².